The smallest absolute Gasteiger partial charge is 0.265 e. The third-order valence-corrected chi connectivity index (χ3v) is 5.11. The summed E-state index contributed by atoms with van der Waals surface area (Å²) >= 11 is 1.52. The van der Waals surface area contributed by atoms with Crippen molar-refractivity contribution in [2.24, 2.45) is 5.16 Å². The second kappa shape index (κ2) is 9.14. The van der Waals surface area contributed by atoms with Gasteiger partial charge in [-0.2, -0.15) is 0 Å². The molecule has 3 aromatic rings. The lowest BCUT2D eigenvalue weighted by molar-refractivity contribution is -0.120. The Morgan fingerprint density at radius 3 is 2.61 bits per heavy atom. The second-order valence-corrected chi connectivity index (χ2v) is 6.95. The van der Waals surface area contributed by atoms with Gasteiger partial charge >= 0.3 is 0 Å². The number of nitrogens with one attached hydrogen (secondary N) is 1. The van der Waals surface area contributed by atoms with Gasteiger partial charge in [-0.3, -0.25) is 4.79 Å². The first-order valence-corrected chi connectivity index (χ1v) is 9.34. The van der Waals surface area contributed by atoms with Crippen molar-refractivity contribution in [3.05, 3.63) is 71.4 Å². The van der Waals surface area contributed by atoms with E-state index in [1.54, 1.807) is 37.3 Å². The molecule has 7 heteroatoms. The molecule has 0 fully saturated rings. The molecule has 0 aliphatic carbocycles. The maximum Gasteiger partial charge on any atom is 0.265 e. The predicted octanol–water partition coefficient (Wildman–Crippen LogP) is 4.94. The molecule has 1 amide bonds. The number of halogens is 1. The van der Waals surface area contributed by atoms with Crippen molar-refractivity contribution in [2.75, 3.05) is 19.0 Å². The van der Waals surface area contributed by atoms with Crippen LogP contribution in [0.2, 0.25) is 0 Å². The number of rotatable bonds is 7. The lowest BCUT2D eigenvalue weighted by atomic mass is 10.2. The second-order valence-electron chi connectivity index (χ2n) is 5.87. The zero-order chi connectivity index (χ0) is 19.9. The quantitative estimate of drug-likeness (QED) is 0.453. The van der Waals surface area contributed by atoms with E-state index >= 15 is 0 Å². The van der Waals surface area contributed by atoms with Crippen LogP contribution >= 0.6 is 11.3 Å². The maximum absolute atomic E-state index is 13.0. The lowest BCUT2D eigenvalue weighted by Gasteiger charge is -2.09. The summed E-state index contributed by atoms with van der Waals surface area (Å²) in [4.78, 5) is 19.1. The summed E-state index contributed by atoms with van der Waals surface area (Å²) in [6, 6.07) is 17.3. The number of hydrogen-bond donors (Lipinski definition) is 1. The molecule has 2 aromatic carbocycles. The van der Waals surface area contributed by atoms with Crippen molar-refractivity contribution in [2.45, 2.75) is 6.92 Å². The molecule has 144 valence electrons. The van der Waals surface area contributed by atoms with E-state index in [4.69, 9.17) is 9.57 Å². The van der Waals surface area contributed by atoms with Gasteiger partial charge in [0.05, 0.1) is 23.4 Å². The van der Waals surface area contributed by atoms with Gasteiger partial charge < -0.3 is 14.9 Å². The van der Waals surface area contributed by atoms with Crippen LogP contribution in [0.3, 0.4) is 0 Å². The number of carbonyl (C=O) groups is 1. The Bertz CT molecular complexity index is 983. The number of anilines is 1. The summed E-state index contributed by atoms with van der Waals surface area (Å²) in [7, 11) is 1.54. The molecule has 0 saturated carbocycles. The zero-order valence-electron chi connectivity index (χ0n) is 15.4. The number of ether oxygens (including phenoxy) is 1. The number of thiophene rings is 1. The number of benzene rings is 2. The minimum Gasteiger partial charge on any atom is -0.495 e. The summed E-state index contributed by atoms with van der Waals surface area (Å²) in [6.07, 6.45) is 0. The minimum absolute atomic E-state index is 0.217. The molecule has 0 bridgehead atoms. The van der Waals surface area contributed by atoms with Gasteiger partial charge in [0.2, 0.25) is 0 Å². The molecule has 0 aliphatic heterocycles. The maximum atomic E-state index is 13.0. The van der Waals surface area contributed by atoms with Crippen LogP contribution in [0, 0.1) is 5.82 Å². The van der Waals surface area contributed by atoms with E-state index in [1.165, 1.54) is 30.6 Å². The molecule has 1 N–H and O–H groups in total. The Labute approximate surface area is 166 Å². The normalized spacial score (nSPS) is 11.2. The average Bonchev–Trinajstić information content (AvgIpc) is 3.19. The fourth-order valence-corrected chi connectivity index (χ4v) is 3.42. The summed E-state index contributed by atoms with van der Waals surface area (Å²) in [6.45, 7) is 1.59. The lowest BCUT2D eigenvalue weighted by Crippen LogP contribution is -2.17. The summed E-state index contributed by atoms with van der Waals surface area (Å²) < 4.78 is 18.2. The standard InChI is InChI=1S/C21H19FN2O3S/c1-14(19-11-12-20(28-19)15-7-9-16(22)10-8-15)24-27-13-21(25)23-17-5-3-4-6-18(17)26-2/h3-12H,13H2,1-2H3,(H,23,25). The molecule has 1 aromatic heterocycles. The van der Waals surface area contributed by atoms with Gasteiger partial charge in [0, 0.05) is 4.88 Å². The number of oxime groups is 1. The Balaban J connectivity index is 1.57. The minimum atomic E-state index is -0.334. The van der Waals surface area contributed by atoms with Crippen molar-refractivity contribution in [3.63, 3.8) is 0 Å². The van der Waals surface area contributed by atoms with Crippen LogP contribution in [0.25, 0.3) is 10.4 Å². The van der Waals surface area contributed by atoms with Crippen LogP contribution in [-0.2, 0) is 9.63 Å². The fourth-order valence-electron chi connectivity index (χ4n) is 2.47. The van der Waals surface area contributed by atoms with E-state index in [0.717, 1.165) is 15.3 Å². The number of carbonyl (C=O) groups excluding carboxylic acids is 1. The first kappa shape index (κ1) is 19.6. The summed E-state index contributed by atoms with van der Waals surface area (Å²) in [5.41, 5.74) is 2.16. The molecule has 5 nitrogen and oxygen atoms in total. The number of nitrogens with zero attached hydrogens (tertiary/aromatic N) is 1. The molecule has 0 atom stereocenters. The molecule has 0 aliphatic rings. The van der Waals surface area contributed by atoms with Crippen LogP contribution < -0.4 is 10.1 Å². The summed E-state index contributed by atoms with van der Waals surface area (Å²) in [5.74, 6) is -0.0280. The third-order valence-electron chi connectivity index (χ3n) is 3.87. The number of hydrogen-bond acceptors (Lipinski definition) is 5. The van der Waals surface area contributed by atoms with Crippen molar-refractivity contribution >= 4 is 28.6 Å². The highest BCUT2D eigenvalue weighted by molar-refractivity contribution is 7.17. The highest BCUT2D eigenvalue weighted by atomic mass is 32.1. The third kappa shape index (κ3) is 4.95. The average molecular weight is 398 g/mol. The first-order valence-electron chi connectivity index (χ1n) is 8.52. The first-order chi connectivity index (χ1) is 13.6. The Morgan fingerprint density at radius 1 is 1.11 bits per heavy atom. The summed E-state index contributed by atoms with van der Waals surface area (Å²) in [5, 5.41) is 6.73. The van der Waals surface area contributed by atoms with Crippen LogP contribution in [0.1, 0.15) is 11.8 Å². The largest absolute Gasteiger partial charge is 0.495 e. The van der Waals surface area contributed by atoms with Crippen LogP contribution in [0.4, 0.5) is 10.1 Å². The number of amides is 1. The van der Waals surface area contributed by atoms with Gasteiger partial charge in [0.15, 0.2) is 6.61 Å². The molecule has 0 unspecified atom stereocenters. The highest BCUT2D eigenvalue weighted by Gasteiger charge is 2.09. The van der Waals surface area contributed by atoms with E-state index in [1.807, 2.05) is 18.2 Å². The number of methoxy groups -OCH3 is 1. The Kier molecular flexibility index (Phi) is 6.39. The SMILES string of the molecule is COc1ccccc1NC(=O)CON=C(C)c1ccc(-c2ccc(F)cc2)s1. The molecule has 0 radical (unpaired) electrons. The van der Waals surface area contributed by atoms with Crippen molar-refractivity contribution in [1.29, 1.82) is 0 Å². The molecule has 28 heavy (non-hydrogen) atoms. The van der Waals surface area contributed by atoms with Gasteiger partial charge in [-0.05, 0) is 48.9 Å². The van der Waals surface area contributed by atoms with E-state index < -0.39 is 0 Å². The Hall–Kier alpha value is -3.19. The van der Waals surface area contributed by atoms with E-state index in [2.05, 4.69) is 10.5 Å². The number of para-hydroxylation sites is 2. The van der Waals surface area contributed by atoms with E-state index in [9.17, 15) is 9.18 Å². The van der Waals surface area contributed by atoms with Gasteiger partial charge in [-0.15, -0.1) is 11.3 Å². The van der Waals surface area contributed by atoms with Crippen molar-refractivity contribution in [3.8, 4) is 16.2 Å². The monoisotopic (exact) mass is 398 g/mol. The van der Waals surface area contributed by atoms with E-state index in [0.29, 0.717) is 17.1 Å². The molecule has 3 rings (SSSR count). The van der Waals surface area contributed by atoms with Crippen LogP contribution in [0.5, 0.6) is 5.75 Å². The van der Waals surface area contributed by atoms with Crippen LogP contribution in [-0.4, -0.2) is 25.3 Å². The molecule has 0 spiro atoms. The van der Waals surface area contributed by atoms with Gasteiger partial charge in [0.25, 0.3) is 5.91 Å². The van der Waals surface area contributed by atoms with Crippen LogP contribution in [0.15, 0.2) is 65.8 Å². The van der Waals surface area contributed by atoms with Crippen molar-refractivity contribution in [1.82, 2.24) is 0 Å². The molecular weight excluding hydrogens is 379 g/mol. The predicted molar refractivity (Wildman–Crippen MR) is 109 cm³/mol. The van der Waals surface area contributed by atoms with Gasteiger partial charge in [-0.25, -0.2) is 4.39 Å². The Morgan fingerprint density at radius 2 is 1.86 bits per heavy atom. The van der Waals surface area contributed by atoms with E-state index in [-0.39, 0.29) is 18.3 Å². The molecule has 0 saturated heterocycles. The van der Waals surface area contributed by atoms with Gasteiger partial charge in [-0.1, -0.05) is 29.4 Å². The topological polar surface area (TPSA) is 59.9 Å². The highest BCUT2D eigenvalue weighted by Crippen LogP contribution is 2.28. The molecule has 1 heterocycles. The zero-order valence-corrected chi connectivity index (χ0v) is 16.3. The van der Waals surface area contributed by atoms with Crippen molar-refractivity contribution < 1.29 is 18.8 Å². The van der Waals surface area contributed by atoms with Gasteiger partial charge in [0.1, 0.15) is 11.6 Å². The molecular formula is C21H19FN2O3S. The fraction of sp³-hybridized carbons (Fsp3) is 0.143.